The number of halogens is 3. The number of aromatic carboxylic acids is 1. The summed E-state index contributed by atoms with van der Waals surface area (Å²) in [7, 11) is 0. The van der Waals surface area contributed by atoms with E-state index >= 15 is 0 Å². The quantitative estimate of drug-likeness (QED) is 0.780. The van der Waals surface area contributed by atoms with Gasteiger partial charge in [0.25, 0.3) is 0 Å². The van der Waals surface area contributed by atoms with E-state index in [2.05, 4.69) is 0 Å². The third-order valence-corrected chi connectivity index (χ3v) is 2.55. The zero-order valence-electron chi connectivity index (χ0n) is 10.5. The molecule has 4 nitrogen and oxygen atoms in total. The maximum atomic E-state index is 12.6. The van der Waals surface area contributed by atoms with Crippen LogP contribution in [0.5, 0.6) is 0 Å². The van der Waals surface area contributed by atoms with Crippen LogP contribution in [0.1, 0.15) is 35.7 Å². The number of nitrogens with zero attached hydrogens (tertiary/aromatic N) is 1. The molecule has 0 fully saturated rings. The lowest BCUT2D eigenvalue weighted by Crippen LogP contribution is -2.09. The molecule has 0 unspecified atom stereocenters. The maximum Gasteiger partial charge on any atom is 0.418 e. The van der Waals surface area contributed by atoms with Crippen LogP contribution in [0.25, 0.3) is 0 Å². The van der Waals surface area contributed by atoms with Gasteiger partial charge in [-0.15, -0.1) is 0 Å². The van der Waals surface area contributed by atoms with Crippen molar-refractivity contribution in [2.75, 3.05) is 13.2 Å². The van der Waals surface area contributed by atoms with Gasteiger partial charge in [-0.2, -0.15) is 13.2 Å². The first-order valence-electron chi connectivity index (χ1n) is 5.94. The number of alkyl halides is 3. The van der Waals surface area contributed by atoms with E-state index in [0.717, 1.165) is 25.2 Å². The lowest BCUT2D eigenvalue weighted by atomic mass is 10.2. The van der Waals surface area contributed by atoms with Gasteiger partial charge >= 0.3 is 12.1 Å². The zero-order valence-corrected chi connectivity index (χ0v) is 10.5. The maximum absolute atomic E-state index is 12.6. The Kier molecular flexibility index (Phi) is 5.41. The SMILES string of the molecule is CCCCOCCn1cc(C(=O)O)c(C(F)(F)F)c1. The second-order valence-electron chi connectivity index (χ2n) is 4.09. The number of hydrogen-bond donors (Lipinski definition) is 1. The highest BCUT2D eigenvalue weighted by Gasteiger charge is 2.36. The van der Waals surface area contributed by atoms with Gasteiger partial charge in [0.1, 0.15) is 0 Å². The van der Waals surface area contributed by atoms with Gasteiger partial charge in [-0.25, -0.2) is 4.79 Å². The molecule has 0 amide bonds. The van der Waals surface area contributed by atoms with Crippen molar-refractivity contribution in [2.45, 2.75) is 32.5 Å². The van der Waals surface area contributed by atoms with Crippen LogP contribution in [-0.4, -0.2) is 28.9 Å². The van der Waals surface area contributed by atoms with Crippen molar-refractivity contribution < 1.29 is 27.8 Å². The minimum Gasteiger partial charge on any atom is -0.478 e. The Labute approximate surface area is 108 Å². The fraction of sp³-hybridized carbons (Fsp3) is 0.583. The molecule has 0 saturated heterocycles. The number of hydrogen-bond acceptors (Lipinski definition) is 2. The van der Waals surface area contributed by atoms with Crippen molar-refractivity contribution in [3.63, 3.8) is 0 Å². The smallest absolute Gasteiger partial charge is 0.418 e. The molecule has 1 aromatic heterocycles. The normalized spacial score (nSPS) is 11.8. The van der Waals surface area contributed by atoms with Crippen molar-refractivity contribution in [3.8, 4) is 0 Å². The van der Waals surface area contributed by atoms with E-state index in [0.29, 0.717) is 6.61 Å². The van der Waals surface area contributed by atoms with E-state index < -0.39 is 23.3 Å². The highest BCUT2D eigenvalue weighted by Crippen LogP contribution is 2.32. The average Bonchev–Trinajstić information content (AvgIpc) is 2.73. The summed E-state index contributed by atoms with van der Waals surface area (Å²) in [6.45, 7) is 3.00. The predicted molar refractivity (Wildman–Crippen MR) is 62.1 cm³/mol. The van der Waals surface area contributed by atoms with E-state index in [9.17, 15) is 18.0 Å². The molecule has 0 radical (unpaired) electrons. The molecule has 0 aliphatic carbocycles. The molecule has 7 heteroatoms. The predicted octanol–water partition coefficient (Wildman–Crippen LogP) is 3.02. The van der Waals surface area contributed by atoms with Crippen molar-refractivity contribution in [3.05, 3.63) is 23.5 Å². The lowest BCUT2D eigenvalue weighted by molar-refractivity contribution is -0.138. The first-order valence-corrected chi connectivity index (χ1v) is 5.94. The van der Waals surface area contributed by atoms with Crippen molar-refractivity contribution in [2.24, 2.45) is 0 Å². The fourth-order valence-corrected chi connectivity index (χ4v) is 1.55. The highest BCUT2D eigenvalue weighted by molar-refractivity contribution is 5.89. The summed E-state index contributed by atoms with van der Waals surface area (Å²) in [6, 6.07) is 0. The molecule has 1 heterocycles. The molecule has 1 rings (SSSR count). The van der Waals surface area contributed by atoms with Gasteiger partial charge in [-0.3, -0.25) is 0 Å². The molecule has 0 saturated carbocycles. The Morgan fingerprint density at radius 2 is 2.05 bits per heavy atom. The highest BCUT2D eigenvalue weighted by atomic mass is 19.4. The molecule has 0 aliphatic heterocycles. The fourth-order valence-electron chi connectivity index (χ4n) is 1.55. The molecule has 0 bridgehead atoms. The second kappa shape index (κ2) is 6.60. The van der Waals surface area contributed by atoms with Crippen molar-refractivity contribution in [1.29, 1.82) is 0 Å². The zero-order chi connectivity index (χ0) is 14.5. The Morgan fingerprint density at radius 3 is 2.53 bits per heavy atom. The summed E-state index contributed by atoms with van der Waals surface area (Å²) in [5.74, 6) is -1.59. The molecule has 0 aliphatic rings. The number of aromatic nitrogens is 1. The molecular weight excluding hydrogens is 263 g/mol. The molecule has 1 aromatic rings. The summed E-state index contributed by atoms with van der Waals surface area (Å²) in [6.07, 6.45) is -1.02. The summed E-state index contributed by atoms with van der Waals surface area (Å²) in [5, 5.41) is 8.74. The number of carbonyl (C=O) groups is 1. The van der Waals surface area contributed by atoms with E-state index in [1.165, 1.54) is 4.57 Å². The molecular formula is C12H16F3NO3. The van der Waals surface area contributed by atoms with Crippen LogP contribution in [0.15, 0.2) is 12.4 Å². The lowest BCUT2D eigenvalue weighted by Gasteiger charge is -2.05. The van der Waals surface area contributed by atoms with Crippen molar-refractivity contribution in [1.82, 2.24) is 4.57 Å². The minimum atomic E-state index is -4.66. The summed E-state index contributed by atoms with van der Waals surface area (Å²) >= 11 is 0. The van der Waals surface area contributed by atoms with Crippen LogP contribution in [-0.2, 0) is 17.5 Å². The van der Waals surface area contributed by atoms with Gasteiger partial charge < -0.3 is 14.4 Å². The van der Waals surface area contributed by atoms with Gasteiger partial charge in [-0.05, 0) is 6.42 Å². The third-order valence-electron chi connectivity index (χ3n) is 2.55. The number of carboxylic acid groups (broad SMARTS) is 1. The molecule has 1 N–H and O–H groups in total. The number of unbranched alkanes of at least 4 members (excludes halogenated alkanes) is 1. The first kappa shape index (κ1) is 15.6. The van der Waals surface area contributed by atoms with Gasteiger partial charge in [0, 0.05) is 25.5 Å². The third kappa shape index (κ3) is 4.59. The Morgan fingerprint density at radius 1 is 1.37 bits per heavy atom. The van der Waals surface area contributed by atoms with E-state index in [1.54, 1.807) is 0 Å². The molecule has 0 spiro atoms. The topological polar surface area (TPSA) is 51.5 Å². The van der Waals surface area contributed by atoms with Crippen LogP contribution < -0.4 is 0 Å². The van der Waals surface area contributed by atoms with Crippen LogP contribution in [0.2, 0.25) is 0 Å². The summed E-state index contributed by atoms with van der Waals surface area (Å²) in [4.78, 5) is 10.8. The van der Waals surface area contributed by atoms with Gasteiger partial charge in [0.15, 0.2) is 0 Å². The first-order chi connectivity index (χ1) is 8.86. The van der Waals surface area contributed by atoms with Crippen molar-refractivity contribution >= 4 is 5.97 Å². The van der Waals surface area contributed by atoms with Gasteiger partial charge in [0.05, 0.1) is 17.7 Å². The van der Waals surface area contributed by atoms with E-state index in [4.69, 9.17) is 9.84 Å². The molecule has 19 heavy (non-hydrogen) atoms. The second-order valence-corrected chi connectivity index (χ2v) is 4.09. The van der Waals surface area contributed by atoms with Crippen LogP contribution in [0.4, 0.5) is 13.2 Å². The molecule has 0 aromatic carbocycles. The van der Waals surface area contributed by atoms with Gasteiger partial charge in [0.2, 0.25) is 0 Å². The average molecular weight is 279 g/mol. The Balaban J connectivity index is 2.68. The van der Waals surface area contributed by atoms with E-state index in [-0.39, 0.29) is 13.2 Å². The summed E-state index contributed by atoms with van der Waals surface area (Å²) in [5.41, 5.74) is -1.87. The van der Waals surface area contributed by atoms with Gasteiger partial charge in [-0.1, -0.05) is 13.3 Å². The summed E-state index contributed by atoms with van der Waals surface area (Å²) < 4.78 is 44.2. The number of carboxylic acids is 1. The Hall–Kier alpha value is -1.50. The monoisotopic (exact) mass is 279 g/mol. The van der Waals surface area contributed by atoms with Crippen LogP contribution in [0.3, 0.4) is 0 Å². The number of rotatable bonds is 7. The largest absolute Gasteiger partial charge is 0.478 e. The minimum absolute atomic E-state index is 0.195. The molecule has 0 atom stereocenters. The van der Waals surface area contributed by atoms with Crippen LogP contribution in [0, 0.1) is 0 Å². The molecule has 108 valence electrons. The van der Waals surface area contributed by atoms with Crippen LogP contribution >= 0.6 is 0 Å². The Bertz CT molecular complexity index is 426. The van der Waals surface area contributed by atoms with E-state index in [1.807, 2.05) is 6.92 Å². The number of ether oxygens (including phenoxy) is 1. The standard InChI is InChI=1S/C12H16F3NO3/c1-2-3-5-19-6-4-16-7-9(11(17)18)10(8-16)12(13,14)15/h7-8H,2-6H2,1H3,(H,17,18).